The van der Waals surface area contributed by atoms with Crippen LogP contribution < -0.4 is 0 Å². The molecule has 5 rings (SSSR count). The first-order valence-corrected chi connectivity index (χ1v) is 8.87. The third-order valence-corrected chi connectivity index (χ3v) is 4.67. The highest BCUT2D eigenvalue weighted by Crippen LogP contribution is 2.30. The van der Waals surface area contributed by atoms with Crippen LogP contribution in [0.5, 0.6) is 0 Å². The molecule has 5 nitrogen and oxygen atoms in total. The molecule has 5 aromatic rings. The Bertz CT molecular complexity index is 1290. The predicted octanol–water partition coefficient (Wildman–Crippen LogP) is 5.14. The zero-order valence-corrected chi connectivity index (χ0v) is 14.8. The van der Waals surface area contributed by atoms with E-state index in [1.54, 1.807) is 18.3 Å². The van der Waals surface area contributed by atoms with Crippen LogP contribution in [0.4, 0.5) is 0 Å². The van der Waals surface area contributed by atoms with Gasteiger partial charge < -0.3 is 4.42 Å². The van der Waals surface area contributed by atoms with Crippen molar-refractivity contribution in [1.82, 2.24) is 14.6 Å². The second kappa shape index (κ2) is 6.63. The van der Waals surface area contributed by atoms with E-state index in [0.717, 1.165) is 33.6 Å². The van der Waals surface area contributed by atoms with Crippen molar-refractivity contribution in [1.29, 1.82) is 0 Å². The minimum Gasteiger partial charge on any atom is -0.453 e. The van der Waals surface area contributed by atoms with Crippen molar-refractivity contribution < 1.29 is 9.21 Å². The summed E-state index contributed by atoms with van der Waals surface area (Å²) in [4.78, 5) is 15.4. The molecule has 0 saturated carbocycles. The zero-order valence-electron chi connectivity index (χ0n) is 14.8. The lowest BCUT2D eigenvalue weighted by atomic mass is 10.1. The number of fused-ring (bicyclic) bond motifs is 1. The van der Waals surface area contributed by atoms with E-state index in [0.29, 0.717) is 17.8 Å². The Labute approximate surface area is 160 Å². The Balaban J connectivity index is 1.63. The molecule has 5 heteroatoms. The fourth-order valence-corrected chi connectivity index (χ4v) is 3.33. The van der Waals surface area contributed by atoms with E-state index >= 15 is 0 Å². The summed E-state index contributed by atoms with van der Waals surface area (Å²) in [6, 6.07) is 23.4. The number of benzene rings is 2. The number of carbonyl (C=O) groups is 1. The van der Waals surface area contributed by atoms with E-state index in [2.05, 4.69) is 10.1 Å². The quantitative estimate of drug-likeness (QED) is 0.414. The van der Waals surface area contributed by atoms with Crippen LogP contribution in [0, 0.1) is 0 Å². The predicted molar refractivity (Wildman–Crippen MR) is 107 cm³/mol. The highest BCUT2D eigenvalue weighted by atomic mass is 16.3. The van der Waals surface area contributed by atoms with Gasteiger partial charge in [0.2, 0.25) is 0 Å². The van der Waals surface area contributed by atoms with Crippen molar-refractivity contribution in [3.8, 4) is 33.7 Å². The molecule has 0 N–H and O–H groups in total. The second-order valence-corrected chi connectivity index (χ2v) is 6.39. The minimum atomic E-state index is 0.311. The fourth-order valence-electron chi connectivity index (χ4n) is 3.33. The molecule has 2 aromatic carbocycles. The first kappa shape index (κ1) is 16.2. The van der Waals surface area contributed by atoms with E-state index in [1.165, 1.54) is 0 Å². The van der Waals surface area contributed by atoms with Crippen LogP contribution >= 0.6 is 0 Å². The lowest BCUT2D eigenvalue weighted by Crippen LogP contribution is -1.96. The summed E-state index contributed by atoms with van der Waals surface area (Å²) in [7, 11) is 0. The van der Waals surface area contributed by atoms with Gasteiger partial charge in [-0.15, -0.1) is 0 Å². The van der Waals surface area contributed by atoms with Gasteiger partial charge in [0.1, 0.15) is 5.76 Å². The lowest BCUT2D eigenvalue weighted by Gasteiger charge is -2.07. The van der Waals surface area contributed by atoms with Gasteiger partial charge in [0.05, 0.1) is 11.9 Å². The van der Waals surface area contributed by atoms with Crippen LogP contribution in [0.25, 0.3) is 39.4 Å². The molecule has 0 radical (unpaired) electrons. The van der Waals surface area contributed by atoms with Crippen LogP contribution in [-0.2, 0) is 0 Å². The van der Waals surface area contributed by atoms with Crippen LogP contribution in [0.3, 0.4) is 0 Å². The van der Waals surface area contributed by atoms with Gasteiger partial charge >= 0.3 is 0 Å². The number of furan rings is 1. The van der Waals surface area contributed by atoms with Crippen LogP contribution in [-0.4, -0.2) is 20.9 Å². The van der Waals surface area contributed by atoms with Crippen molar-refractivity contribution in [3.05, 3.63) is 91.0 Å². The molecule has 0 aliphatic heterocycles. The fraction of sp³-hybridized carbons (Fsp3) is 0. The van der Waals surface area contributed by atoms with E-state index in [4.69, 9.17) is 4.42 Å². The molecular formula is C23H15N3O2. The zero-order chi connectivity index (χ0) is 18.9. The van der Waals surface area contributed by atoms with Gasteiger partial charge in [-0.05, 0) is 29.8 Å². The first-order chi connectivity index (χ1) is 13.8. The van der Waals surface area contributed by atoms with Gasteiger partial charge in [-0.3, -0.25) is 4.79 Å². The maximum absolute atomic E-state index is 10.9. The van der Waals surface area contributed by atoms with E-state index < -0.39 is 0 Å². The van der Waals surface area contributed by atoms with Gasteiger partial charge in [-0.25, -0.2) is 9.50 Å². The maximum Gasteiger partial charge on any atom is 0.185 e. The largest absolute Gasteiger partial charge is 0.453 e. The average molecular weight is 365 g/mol. The van der Waals surface area contributed by atoms with Crippen LogP contribution in [0.2, 0.25) is 0 Å². The Morgan fingerprint density at radius 3 is 2.50 bits per heavy atom. The van der Waals surface area contributed by atoms with Crippen molar-refractivity contribution in [2.24, 2.45) is 0 Å². The summed E-state index contributed by atoms with van der Waals surface area (Å²) in [6.45, 7) is 0. The number of hydrogen-bond donors (Lipinski definition) is 0. The highest BCUT2D eigenvalue weighted by molar-refractivity contribution is 5.79. The molecule has 134 valence electrons. The van der Waals surface area contributed by atoms with Crippen molar-refractivity contribution in [2.75, 3.05) is 0 Å². The molecule has 0 amide bonds. The topological polar surface area (TPSA) is 60.4 Å². The second-order valence-electron chi connectivity index (χ2n) is 6.39. The van der Waals surface area contributed by atoms with E-state index in [-0.39, 0.29) is 0 Å². The van der Waals surface area contributed by atoms with E-state index in [9.17, 15) is 4.79 Å². The van der Waals surface area contributed by atoms with Crippen LogP contribution in [0.1, 0.15) is 10.6 Å². The smallest absolute Gasteiger partial charge is 0.185 e. The highest BCUT2D eigenvalue weighted by Gasteiger charge is 2.13. The molecule has 0 saturated heterocycles. The third kappa shape index (κ3) is 2.70. The molecular weight excluding hydrogens is 350 g/mol. The number of carbonyl (C=O) groups excluding carboxylic acids is 1. The molecule has 0 fully saturated rings. The number of nitrogens with zero attached hydrogens (tertiary/aromatic N) is 3. The van der Waals surface area contributed by atoms with Gasteiger partial charge in [0.25, 0.3) is 0 Å². The average Bonchev–Trinajstić information content (AvgIpc) is 3.41. The molecule has 3 heterocycles. The first-order valence-electron chi connectivity index (χ1n) is 8.87. The van der Waals surface area contributed by atoms with Crippen molar-refractivity contribution in [2.45, 2.75) is 0 Å². The van der Waals surface area contributed by atoms with Gasteiger partial charge in [-0.1, -0.05) is 48.5 Å². The third-order valence-electron chi connectivity index (χ3n) is 4.67. The molecule has 28 heavy (non-hydrogen) atoms. The molecule has 0 bridgehead atoms. The Morgan fingerprint density at radius 1 is 0.857 bits per heavy atom. The van der Waals surface area contributed by atoms with Gasteiger partial charge in [0.15, 0.2) is 17.7 Å². The molecule has 0 aliphatic carbocycles. The molecule has 0 spiro atoms. The minimum absolute atomic E-state index is 0.311. The standard InChI is InChI=1S/C23H15N3O2/c27-15-19-9-10-22(28-19)18-8-4-7-17(13-18)21-11-12-24-23-20(14-25-26(21)23)16-5-2-1-3-6-16/h1-15H. The number of aldehydes is 1. The summed E-state index contributed by atoms with van der Waals surface area (Å²) in [5.41, 5.74) is 5.67. The maximum atomic E-state index is 10.9. The summed E-state index contributed by atoms with van der Waals surface area (Å²) >= 11 is 0. The number of hydrogen-bond acceptors (Lipinski definition) is 4. The summed E-state index contributed by atoms with van der Waals surface area (Å²) in [6.07, 6.45) is 4.34. The normalized spacial score (nSPS) is 11.0. The molecule has 3 aromatic heterocycles. The van der Waals surface area contributed by atoms with Crippen molar-refractivity contribution >= 4 is 11.9 Å². The Kier molecular flexibility index (Phi) is 3.84. The molecule has 0 atom stereocenters. The lowest BCUT2D eigenvalue weighted by molar-refractivity contribution is 0.110. The van der Waals surface area contributed by atoms with Crippen LogP contribution in [0.15, 0.2) is 89.6 Å². The SMILES string of the molecule is O=Cc1ccc(-c2cccc(-c3ccnc4c(-c5ccccc5)cnn34)c2)o1. The monoisotopic (exact) mass is 365 g/mol. The molecule has 0 aliphatic rings. The number of aromatic nitrogens is 3. The van der Waals surface area contributed by atoms with Crippen molar-refractivity contribution in [3.63, 3.8) is 0 Å². The number of rotatable bonds is 4. The Hall–Kier alpha value is -3.99. The summed E-state index contributed by atoms with van der Waals surface area (Å²) in [5, 5.41) is 4.58. The Morgan fingerprint density at radius 2 is 1.68 bits per heavy atom. The van der Waals surface area contributed by atoms with E-state index in [1.807, 2.05) is 71.4 Å². The van der Waals surface area contributed by atoms with Gasteiger partial charge in [0, 0.05) is 22.9 Å². The van der Waals surface area contributed by atoms with Gasteiger partial charge in [-0.2, -0.15) is 5.10 Å². The summed E-state index contributed by atoms with van der Waals surface area (Å²) in [5.74, 6) is 0.964. The molecule has 0 unspecified atom stereocenters. The summed E-state index contributed by atoms with van der Waals surface area (Å²) < 4.78 is 7.40.